The smallest absolute Gasteiger partial charge is 0.191 e. The molecule has 0 spiro atoms. The minimum Gasteiger partial charge on any atom is -0.494 e. The maximum Gasteiger partial charge on any atom is 0.191 e. The fraction of sp³-hybridized carbons (Fsp3) is 0.529. The van der Waals surface area contributed by atoms with Gasteiger partial charge in [-0.2, -0.15) is 0 Å². The normalized spacial score (nSPS) is 21.0. The van der Waals surface area contributed by atoms with Crippen LogP contribution in [0.2, 0.25) is 0 Å². The Morgan fingerprint density at radius 2 is 2.21 bits per heavy atom. The van der Waals surface area contributed by atoms with E-state index in [0.29, 0.717) is 18.0 Å². The van der Waals surface area contributed by atoms with Gasteiger partial charge in [-0.15, -0.1) is 0 Å². The van der Waals surface area contributed by atoms with Gasteiger partial charge in [-0.1, -0.05) is 0 Å². The zero-order valence-corrected chi connectivity index (χ0v) is 14.2. The number of aliphatic hydroxyl groups is 1. The Balaban J connectivity index is 1.97. The van der Waals surface area contributed by atoms with Crippen molar-refractivity contribution in [2.24, 2.45) is 0 Å². The summed E-state index contributed by atoms with van der Waals surface area (Å²) in [6, 6.07) is 3.96. The number of likely N-dealkylation sites (N-methyl/N-ethyl adjacent to an activating group) is 1. The monoisotopic (exact) mass is 334 g/mol. The molecule has 1 aromatic carbocycles. The highest BCUT2D eigenvalue weighted by molar-refractivity contribution is 5.91. The molecule has 0 unspecified atom stereocenters. The summed E-state index contributed by atoms with van der Waals surface area (Å²) < 4.78 is 19.5. The molecular formula is C17H23FN4O2. The number of hydrogen-bond acceptors (Lipinski definition) is 6. The van der Waals surface area contributed by atoms with Crippen molar-refractivity contribution < 1.29 is 14.2 Å². The van der Waals surface area contributed by atoms with Gasteiger partial charge in [0.05, 0.1) is 13.7 Å². The molecule has 2 atom stereocenters. The van der Waals surface area contributed by atoms with Crippen LogP contribution < -0.4 is 9.64 Å². The molecule has 1 aromatic heterocycles. The quantitative estimate of drug-likeness (QED) is 0.897. The fourth-order valence-corrected chi connectivity index (χ4v) is 3.58. The number of ether oxygens (including phenoxy) is 1. The van der Waals surface area contributed by atoms with Gasteiger partial charge in [0.2, 0.25) is 0 Å². The van der Waals surface area contributed by atoms with Crippen LogP contribution in [0, 0.1) is 5.82 Å². The molecular weight excluding hydrogens is 311 g/mol. The van der Waals surface area contributed by atoms with Crippen LogP contribution in [0.25, 0.3) is 10.9 Å². The highest BCUT2D eigenvalue weighted by Crippen LogP contribution is 2.34. The van der Waals surface area contributed by atoms with Crippen molar-refractivity contribution in [1.82, 2.24) is 14.9 Å². The number of benzene rings is 1. The Labute approximate surface area is 140 Å². The topological polar surface area (TPSA) is 61.7 Å². The molecule has 0 radical (unpaired) electrons. The van der Waals surface area contributed by atoms with Gasteiger partial charge in [-0.3, -0.25) is 4.90 Å². The molecule has 1 N–H and O–H groups in total. The zero-order valence-electron chi connectivity index (χ0n) is 14.2. The lowest BCUT2D eigenvalue weighted by molar-refractivity contribution is 0.175. The second kappa shape index (κ2) is 6.86. The summed E-state index contributed by atoms with van der Waals surface area (Å²) in [5, 5.41) is 9.85. The molecule has 2 aromatic rings. The number of aliphatic hydroxyl groups excluding tert-OH is 1. The summed E-state index contributed by atoms with van der Waals surface area (Å²) in [5.41, 5.74) is 0.277. The summed E-state index contributed by atoms with van der Waals surface area (Å²) in [6.07, 6.45) is 2.37. The van der Waals surface area contributed by atoms with Crippen molar-refractivity contribution >= 4 is 16.7 Å². The second-order valence-corrected chi connectivity index (χ2v) is 6.17. The summed E-state index contributed by atoms with van der Waals surface area (Å²) >= 11 is 0. The van der Waals surface area contributed by atoms with Crippen LogP contribution in [0.4, 0.5) is 10.2 Å². The molecule has 1 aliphatic rings. The predicted molar refractivity (Wildman–Crippen MR) is 91.0 cm³/mol. The van der Waals surface area contributed by atoms with Crippen LogP contribution >= 0.6 is 0 Å². The molecule has 130 valence electrons. The molecule has 1 aliphatic heterocycles. The van der Waals surface area contributed by atoms with Gasteiger partial charge >= 0.3 is 0 Å². The molecule has 6 nitrogen and oxygen atoms in total. The number of nitrogens with zero attached hydrogens (tertiary/aromatic N) is 4. The summed E-state index contributed by atoms with van der Waals surface area (Å²) in [5.74, 6) is 0.468. The van der Waals surface area contributed by atoms with Gasteiger partial charge in [-0.25, -0.2) is 14.4 Å². The van der Waals surface area contributed by atoms with Crippen LogP contribution in [0.15, 0.2) is 18.5 Å². The average Bonchev–Trinajstić information content (AvgIpc) is 2.96. The molecule has 1 fully saturated rings. The van der Waals surface area contributed by atoms with Crippen molar-refractivity contribution in [2.75, 3.05) is 38.8 Å². The molecule has 1 saturated heterocycles. The van der Waals surface area contributed by atoms with E-state index in [4.69, 9.17) is 9.84 Å². The first-order valence-corrected chi connectivity index (χ1v) is 8.13. The number of halogens is 1. The van der Waals surface area contributed by atoms with E-state index in [1.54, 1.807) is 6.07 Å². The van der Waals surface area contributed by atoms with Gasteiger partial charge in [0.25, 0.3) is 0 Å². The van der Waals surface area contributed by atoms with E-state index in [-0.39, 0.29) is 23.9 Å². The van der Waals surface area contributed by atoms with Gasteiger partial charge in [0, 0.05) is 30.6 Å². The largest absolute Gasteiger partial charge is 0.494 e. The first-order valence-electron chi connectivity index (χ1n) is 8.13. The first kappa shape index (κ1) is 16.9. The molecule has 7 heteroatoms. The van der Waals surface area contributed by atoms with E-state index in [0.717, 1.165) is 18.8 Å². The van der Waals surface area contributed by atoms with E-state index in [9.17, 15) is 4.39 Å². The number of methoxy groups -OCH3 is 1. The Hall–Kier alpha value is -1.99. The van der Waals surface area contributed by atoms with Crippen LogP contribution in [0.3, 0.4) is 0 Å². The summed E-state index contributed by atoms with van der Waals surface area (Å²) in [6.45, 7) is 3.75. The SMILES string of the molecule is COc1ccc2c(N3CC[C@@H](N(C)CCO)[C@H]3C)ncnc2c1F. The highest BCUT2D eigenvalue weighted by Gasteiger charge is 2.34. The molecule has 0 bridgehead atoms. The Bertz CT molecular complexity index is 727. The molecule has 0 saturated carbocycles. The van der Waals surface area contributed by atoms with Crippen LogP contribution in [0.1, 0.15) is 13.3 Å². The first-order chi connectivity index (χ1) is 11.6. The van der Waals surface area contributed by atoms with Crippen molar-refractivity contribution in [3.63, 3.8) is 0 Å². The summed E-state index contributed by atoms with van der Waals surface area (Å²) in [4.78, 5) is 12.9. The van der Waals surface area contributed by atoms with Crippen molar-refractivity contribution in [1.29, 1.82) is 0 Å². The highest BCUT2D eigenvalue weighted by atomic mass is 19.1. The van der Waals surface area contributed by atoms with E-state index in [1.807, 2.05) is 13.1 Å². The maximum atomic E-state index is 14.5. The third kappa shape index (κ3) is 2.78. The number of rotatable bonds is 5. The Morgan fingerprint density at radius 1 is 1.42 bits per heavy atom. The van der Waals surface area contributed by atoms with E-state index >= 15 is 0 Å². The van der Waals surface area contributed by atoms with Crippen LogP contribution in [-0.2, 0) is 0 Å². The van der Waals surface area contributed by atoms with Crippen molar-refractivity contribution in [3.05, 3.63) is 24.3 Å². The summed E-state index contributed by atoms with van der Waals surface area (Å²) in [7, 11) is 3.46. The Morgan fingerprint density at radius 3 is 2.92 bits per heavy atom. The number of hydrogen-bond donors (Lipinski definition) is 1. The van der Waals surface area contributed by atoms with Crippen LogP contribution in [-0.4, -0.2) is 65.9 Å². The minimum atomic E-state index is -0.459. The number of aromatic nitrogens is 2. The van der Waals surface area contributed by atoms with E-state index < -0.39 is 5.82 Å². The Kier molecular flexibility index (Phi) is 4.82. The molecule has 24 heavy (non-hydrogen) atoms. The number of anilines is 1. The van der Waals surface area contributed by atoms with Gasteiger partial charge < -0.3 is 14.7 Å². The molecule has 3 rings (SSSR count). The lowest BCUT2D eigenvalue weighted by Crippen LogP contribution is -2.43. The lowest BCUT2D eigenvalue weighted by atomic mass is 10.1. The van der Waals surface area contributed by atoms with Gasteiger partial charge in [-0.05, 0) is 32.5 Å². The maximum absolute atomic E-state index is 14.5. The fourth-order valence-electron chi connectivity index (χ4n) is 3.58. The third-order valence-electron chi connectivity index (χ3n) is 4.91. The van der Waals surface area contributed by atoms with E-state index in [1.165, 1.54) is 13.4 Å². The standard InChI is InChI=1S/C17H23FN4O2/c1-11-13(21(2)8-9-23)6-7-22(11)17-12-4-5-14(24-3)15(18)16(12)19-10-20-17/h4-5,10-11,13,23H,6-9H2,1-3H3/t11-,13-/m1/s1. The molecule has 0 amide bonds. The lowest BCUT2D eigenvalue weighted by Gasteiger charge is -2.31. The molecule has 0 aliphatic carbocycles. The zero-order chi connectivity index (χ0) is 17.3. The predicted octanol–water partition coefficient (Wildman–Crippen LogP) is 1.67. The van der Waals surface area contributed by atoms with E-state index in [2.05, 4.69) is 26.7 Å². The number of fused-ring (bicyclic) bond motifs is 1. The average molecular weight is 334 g/mol. The van der Waals surface area contributed by atoms with Gasteiger partial charge in [0.1, 0.15) is 17.7 Å². The van der Waals surface area contributed by atoms with Gasteiger partial charge in [0.15, 0.2) is 11.6 Å². The van der Waals surface area contributed by atoms with Crippen molar-refractivity contribution in [2.45, 2.75) is 25.4 Å². The second-order valence-electron chi connectivity index (χ2n) is 6.17. The van der Waals surface area contributed by atoms with Crippen molar-refractivity contribution in [3.8, 4) is 5.75 Å². The minimum absolute atomic E-state index is 0.140. The van der Waals surface area contributed by atoms with Crippen LogP contribution in [0.5, 0.6) is 5.75 Å². The molecule has 2 heterocycles. The third-order valence-corrected chi connectivity index (χ3v) is 4.91.